The Labute approximate surface area is 148 Å². The third kappa shape index (κ3) is 12.9. The van der Waals surface area contributed by atoms with Crippen LogP contribution in [0.2, 0.25) is 0 Å². The van der Waals surface area contributed by atoms with E-state index >= 15 is 0 Å². The zero-order valence-electron chi connectivity index (χ0n) is 17.2. The SMILES string of the molecule is CCCCCN(CCCN(CCC)CC(C)CC)CC(C)CC. The van der Waals surface area contributed by atoms with Crippen molar-refractivity contribution in [2.24, 2.45) is 11.8 Å². The summed E-state index contributed by atoms with van der Waals surface area (Å²) in [5.41, 5.74) is 0. The molecule has 23 heavy (non-hydrogen) atoms. The number of hydrogen-bond donors (Lipinski definition) is 0. The first kappa shape index (κ1) is 22.9. The predicted octanol–water partition coefficient (Wildman–Crippen LogP) is 5.67. The molecule has 0 aliphatic carbocycles. The highest BCUT2D eigenvalue weighted by atomic mass is 15.1. The van der Waals surface area contributed by atoms with Crippen LogP contribution in [0.1, 0.15) is 86.5 Å². The third-order valence-electron chi connectivity index (χ3n) is 5.10. The van der Waals surface area contributed by atoms with Gasteiger partial charge in [0.15, 0.2) is 0 Å². The van der Waals surface area contributed by atoms with E-state index in [-0.39, 0.29) is 0 Å². The van der Waals surface area contributed by atoms with Crippen LogP contribution >= 0.6 is 0 Å². The number of unbranched alkanes of at least 4 members (excludes halogenated alkanes) is 2. The lowest BCUT2D eigenvalue weighted by Gasteiger charge is -2.28. The molecule has 0 aliphatic rings. The third-order valence-corrected chi connectivity index (χ3v) is 5.10. The van der Waals surface area contributed by atoms with Crippen molar-refractivity contribution >= 4 is 0 Å². The van der Waals surface area contributed by atoms with Gasteiger partial charge in [-0.3, -0.25) is 0 Å². The van der Waals surface area contributed by atoms with Crippen LogP contribution in [0.5, 0.6) is 0 Å². The van der Waals surface area contributed by atoms with Gasteiger partial charge in [-0.05, 0) is 57.3 Å². The second kappa shape index (κ2) is 15.4. The molecule has 0 aromatic heterocycles. The van der Waals surface area contributed by atoms with Crippen molar-refractivity contribution in [3.63, 3.8) is 0 Å². The van der Waals surface area contributed by atoms with Gasteiger partial charge in [-0.15, -0.1) is 0 Å². The Bertz CT molecular complexity index is 242. The van der Waals surface area contributed by atoms with E-state index in [2.05, 4.69) is 51.3 Å². The molecule has 0 amide bonds. The van der Waals surface area contributed by atoms with Crippen molar-refractivity contribution in [3.8, 4) is 0 Å². The van der Waals surface area contributed by atoms with E-state index in [9.17, 15) is 0 Å². The normalized spacial score (nSPS) is 14.6. The van der Waals surface area contributed by atoms with Crippen molar-refractivity contribution < 1.29 is 0 Å². The smallest absolute Gasteiger partial charge is 0.000693 e. The molecular weight excluding hydrogens is 280 g/mol. The molecule has 2 nitrogen and oxygen atoms in total. The van der Waals surface area contributed by atoms with Gasteiger partial charge in [0.25, 0.3) is 0 Å². The van der Waals surface area contributed by atoms with E-state index in [1.807, 2.05) is 0 Å². The van der Waals surface area contributed by atoms with Gasteiger partial charge in [0, 0.05) is 13.1 Å². The molecule has 0 aromatic rings. The summed E-state index contributed by atoms with van der Waals surface area (Å²) in [6, 6.07) is 0. The van der Waals surface area contributed by atoms with Gasteiger partial charge in [-0.2, -0.15) is 0 Å². The standard InChI is InChI=1S/C21H46N2/c1-7-11-12-15-23(19-21(6)10-4)17-13-16-22(14-8-2)18-20(5)9-3/h20-21H,7-19H2,1-6H3. The van der Waals surface area contributed by atoms with E-state index in [1.165, 1.54) is 84.2 Å². The minimum absolute atomic E-state index is 0.835. The van der Waals surface area contributed by atoms with E-state index < -0.39 is 0 Å². The predicted molar refractivity (Wildman–Crippen MR) is 106 cm³/mol. The van der Waals surface area contributed by atoms with Gasteiger partial charge in [-0.1, -0.05) is 67.2 Å². The Morgan fingerprint density at radius 3 is 1.48 bits per heavy atom. The maximum absolute atomic E-state index is 2.73. The Balaban J connectivity index is 4.21. The lowest BCUT2D eigenvalue weighted by atomic mass is 10.1. The molecule has 0 heterocycles. The molecule has 0 radical (unpaired) electrons. The highest BCUT2D eigenvalue weighted by Crippen LogP contribution is 2.09. The highest BCUT2D eigenvalue weighted by molar-refractivity contribution is 4.66. The summed E-state index contributed by atoms with van der Waals surface area (Å²) in [5.74, 6) is 1.67. The quantitative estimate of drug-likeness (QED) is 0.337. The molecule has 2 unspecified atom stereocenters. The monoisotopic (exact) mass is 326 g/mol. The molecule has 140 valence electrons. The summed E-state index contributed by atoms with van der Waals surface area (Å²) in [6.45, 7) is 21.8. The van der Waals surface area contributed by atoms with Crippen LogP contribution in [0.4, 0.5) is 0 Å². The molecule has 0 saturated carbocycles. The molecule has 2 atom stereocenters. The topological polar surface area (TPSA) is 6.48 Å². The lowest BCUT2D eigenvalue weighted by molar-refractivity contribution is 0.192. The summed E-state index contributed by atoms with van der Waals surface area (Å²) in [5, 5.41) is 0. The number of hydrogen-bond acceptors (Lipinski definition) is 2. The lowest BCUT2D eigenvalue weighted by Crippen LogP contribution is -2.35. The molecule has 0 spiro atoms. The van der Waals surface area contributed by atoms with Crippen LogP contribution in [0.25, 0.3) is 0 Å². The molecule has 2 heteroatoms. The molecule has 0 saturated heterocycles. The second-order valence-electron chi connectivity index (χ2n) is 7.69. The summed E-state index contributed by atoms with van der Waals surface area (Å²) in [7, 11) is 0. The molecule has 0 N–H and O–H groups in total. The summed E-state index contributed by atoms with van der Waals surface area (Å²) in [6.07, 6.45) is 9.31. The van der Waals surface area contributed by atoms with Crippen LogP contribution < -0.4 is 0 Å². The summed E-state index contributed by atoms with van der Waals surface area (Å²) < 4.78 is 0. The van der Waals surface area contributed by atoms with E-state index in [1.54, 1.807) is 0 Å². The van der Waals surface area contributed by atoms with Crippen molar-refractivity contribution in [1.29, 1.82) is 0 Å². The molecule has 0 aliphatic heterocycles. The van der Waals surface area contributed by atoms with Gasteiger partial charge in [0.05, 0.1) is 0 Å². The Hall–Kier alpha value is -0.0800. The molecule has 0 fully saturated rings. The van der Waals surface area contributed by atoms with Crippen LogP contribution in [0, 0.1) is 11.8 Å². The highest BCUT2D eigenvalue weighted by Gasteiger charge is 2.11. The second-order valence-corrected chi connectivity index (χ2v) is 7.69. The van der Waals surface area contributed by atoms with Crippen LogP contribution in [0.3, 0.4) is 0 Å². The maximum atomic E-state index is 2.73. The van der Waals surface area contributed by atoms with Gasteiger partial charge in [-0.25, -0.2) is 0 Å². The Morgan fingerprint density at radius 1 is 0.565 bits per heavy atom. The fourth-order valence-corrected chi connectivity index (χ4v) is 3.15. The van der Waals surface area contributed by atoms with Gasteiger partial charge >= 0.3 is 0 Å². The van der Waals surface area contributed by atoms with E-state index in [0.717, 1.165) is 11.8 Å². The fraction of sp³-hybridized carbons (Fsp3) is 1.00. The largest absolute Gasteiger partial charge is 0.303 e. The zero-order valence-corrected chi connectivity index (χ0v) is 17.2. The summed E-state index contributed by atoms with van der Waals surface area (Å²) >= 11 is 0. The zero-order chi connectivity index (χ0) is 17.5. The first-order valence-electron chi connectivity index (χ1n) is 10.5. The Kier molecular flexibility index (Phi) is 15.4. The number of nitrogens with zero attached hydrogens (tertiary/aromatic N) is 2. The van der Waals surface area contributed by atoms with Crippen molar-refractivity contribution in [3.05, 3.63) is 0 Å². The van der Waals surface area contributed by atoms with Crippen molar-refractivity contribution in [1.82, 2.24) is 9.80 Å². The van der Waals surface area contributed by atoms with Crippen molar-refractivity contribution in [2.45, 2.75) is 86.5 Å². The minimum Gasteiger partial charge on any atom is -0.303 e. The van der Waals surface area contributed by atoms with Crippen molar-refractivity contribution in [2.75, 3.05) is 39.3 Å². The molecular formula is C21H46N2. The van der Waals surface area contributed by atoms with Gasteiger partial charge in [0.2, 0.25) is 0 Å². The maximum Gasteiger partial charge on any atom is 0.000693 e. The van der Waals surface area contributed by atoms with Crippen LogP contribution in [-0.4, -0.2) is 49.1 Å². The van der Waals surface area contributed by atoms with Gasteiger partial charge in [0.1, 0.15) is 0 Å². The molecule has 0 bridgehead atoms. The van der Waals surface area contributed by atoms with Crippen LogP contribution in [0.15, 0.2) is 0 Å². The summed E-state index contributed by atoms with van der Waals surface area (Å²) in [4.78, 5) is 5.43. The first-order valence-corrected chi connectivity index (χ1v) is 10.5. The average Bonchev–Trinajstić information content (AvgIpc) is 2.54. The van der Waals surface area contributed by atoms with E-state index in [4.69, 9.17) is 0 Å². The minimum atomic E-state index is 0.835. The van der Waals surface area contributed by atoms with Crippen LogP contribution in [-0.2, 0) is 0 Å². The fourth-order valence-electron chi connectivity index (χ4n) is 3.15. The Morgan fingerprint density at radius 2 is 1.04 bits per heavy atom. The molecule has 0 rings (SSSR count). The van der Waals surface area contributed by atoms with Gasteiger partial charge < -0.3 is 9.80 Å². The average molecular weight is 327 g/mol. The number of rotatable bonds is 16. The molecule has 0 aromatic carbocycles. The first-order chi connectivity index (χ1) is 11.1. The van der Waals surface area contributed by atoms with E-state index in [0.29, 0.717) is 0 Å².